The minimum atomic E-state index is -0.535. The van der Waals surface area contributed by atoms with Crippen molar-refractivity contribution in [3.8, 4) is 0 Å². The number of carbonyl (C=O) groups excluding carboxylic acids is 2. The number of nitrogens with zero attached hydrogens (tertiary/aromatic N) is 3. The molecule has 2 amide bonds. The van der Waals surface area contributed by atoms with E-state index in [-0.39, 0.29) is 11.8 Å². The first-order chi connectivity index (χ1) is 17.5. The van der Waals surface area contributed by atoms with E-state index < -0.39 is 5.41 Å². The van der Waals surface area contributed by atoms with Crippen LogP contribution in [-0.2, 0) is 28.0 Å². The van der Waals surface area contributed by atoms with Gasteiger partial charge in [0.15, 0.2) is 0 Å². The van der Waals surface area contributed by atoms with Crippen molar-refractivity contribution in [2.24, 2.45) is 4.99 Å². The number of rotatable bonds is 8. The van der Waals surface area contributed by atoms with E-state index in [1.54, 1.807) is 6.20 Å². The first-order valence-electron chi connectivity index (χ1n) is 13.2. The van der Waals surface area contributed by atoms with Crippen molar-refractivity contribution in [3.63, 3.8) is 0 Å². The number of hydrogen-bond donors (Lipinski definition) is 2. The standard InChI is InChI=1S/C29H35N5O2/c1-3-13-34(14-4-2)27(35)21-7-12-31-26-17-23(6-5-20(26)15-21)29(9-10-29)28(36)33-24-16-22-18-30-11-8-25(22)32-19-24/h5-6,12,15-17,19,30H,3-4,7-11,13-14,18H2,1-2H3,(H,33,36). The lowest BCUT2D eigenvalue weighted by molar-refractivity contribution is -0.127. The quantitative estimate of drug-likeness (QED) is 0.575. The Morgan fingerprint density at radius 1 is 1.14 bits per heavy atom. The highest BCUT2D eigenvalue weighted by atomic mass is 16.2. The van der Waals surface area contributed by atoms with Gasteiger partial charge in [-0.05, 0) is 55.0 Å². The molecule has 7 nitrogen and oxygen atoms in total. The van der Waals surface area contributed by atoms with Crippen LogP contribution in [0, 0.1) is 0 Å². The Labute approximate surface area is 213 Å². The number of pyridine rings is 1. The Bertz CT molecular complexity index is 1220. The van der Waals surface area contributed by atoms with Crippen molar-refractivity contribution < 1.29 is 9.59 Å². The van der Waals surface area contributed by atoms with E-state index in [1.165, 1.54) is 0 Å². The summed E-state index contributed by atoms with van der Waals surface area (Å²) >= 11 is 0. The molecule has 36 heavy (non-hydrogen) atoms. The Morgan fingerprint density at radius 3 is 2.69 bits per heavy atom. The fraction of sp³-hybridized carbons (Fsp3) is 0.448. The molecule has 0 atom stereocenters. The third-order valence-corrected chi connectivity index (χ3v) is 7.36. The molecule has 0 saturated heterocycles. The molecular formula is C29H35N5O2. The van der Waals surface area contributed by atoms with Gasteiger partial charge in [-0.15, -0.1) is 0 Å². The molecule has 7 heteroatoms. The zero-order valence-electron chi connectivity index (χ0n) is 21.3. The van der Waals surface area contributed by atoms with Crippen LogP contribution in [0.4, 0.5) is 11.4 Å². The molecule has 1 fully saturated rings. The van der Waals surface area contributed by atoms with Crippen LogP contribution >= 0.6 is 0 Å². The Kier molecular flexibility index (Phi) is 7.01. The first kappa shape index (κ1) is 24.4. The summed E-state index contributed by atoms with van der Waals surface area (Å²) in [6.45, 7) is 7.45. The van der Waals surface area contributed by atoms with Crippen LogP contribution in [0.1, 0.15) is 68.3 Å². The molecule has 1 aliphatic carbocycles. The lowest BCUT2D eigenvalue weighted by atomic mass is 9.92. The van der Waals surface area contributed by atoms with Gasteiger partial charge in [0.25, 0.3) is 0 Å². The number of aromatic nitrogens is 1. The van der Waals surface area contributed by atoms with Crippen molar-refractivity contribution in [3.05, 3.63) is 58.4 Å². The number of anilines is 1. The fourth-order valence-electron chi connectivity index (χ4n) is 5.21. The van der Waals surface area contributed by atoms with Gasteiger partial charge < -0.3 is 15.5 Å². The Morgan fingerprint density at radius 2 is 1.94 bits per heavy atom. The maximum atomic E-state index is 13.4. The van der Waals surface area contributed by atoms with Gasteiger partial charge in [0.2, 0.25) is 11.8 Å². The van der Waals surface area contributed by atoms with Crippen molar-refractivity contribution in [2.75, 3.05) is 25.0 Å². The maximum absolute atomic E-state index is 13.4. The Hall–Kier alpha value is -3.32. The van der Waals surface area contributed by atoms with Crippen LogP contribution in [-0.4, -0.2) is 47.5 Å². The average Bonchev–Trinajstić information content (AvgIpc) is 3.72. The molecule has 1 aromatic heterocycles. The molecule has 0 radical (unpaired) electrons. The number of carbonyl (C=O) groups is 2. The second-order valence-corrected chi connectivity index (χ2v) is 10.0. The van der Waals surface area contributed by atoms with Crippen LogP contribution in [0.25, 0.3) is 6.08 Å². The van der Waals surface area contributed by atoms with E-state index in [2.05, 4.69) is 34.5 Å². The van der Waals surface area contributed by atoms with Crippen molar-refractivity contribution >= 4 is 35.5 Å². The monoisotopic (exact) mass is 485 g/mol. The molecule has 5 rings (SSSR count). The minimum absolute atomic E-state index is 0.00625. The van der Waals surface area contributed by atoms with Gasteiger partial charge in [0, 0.05) is 62.1 Å². The maximum Gasteiger partial charge on any atom is 0.250 e. The van der Waals surface area contributed by atoms with E-state index in [0.29, 0.717) is 6.42 Å². The number of nitrogens with one attached hydrogen (secondary N) is 2. The van der Waals surface area contributed by atoms with Crippen LogP contribution in [0.2, 0.25) is 0 Å². The predicted octanol–water partition coefficient (Wildman–Crippen LogP) is 4.54. The number of amides is 2. The lowest BCUT2D eigenvalue weighted by Gasteiger charge is -2.22. The summed E-state index contributed by atoms with van der Waals surface area (Å²) in [6, 6.07) is 8.08. The zero-order valence-corrected chi connectivity index (χ0v) is 21.3. The number of benzene rings is 1. The van der Waals surface area contributed by atoms with Crippen LogP contribution in [0.5, 0.6) is 0 Å². The molecule has 0 unspecified atom stereocenters. The highest BCUT2D eigenvalue weighted by Gasteiger charge is 2.51. The molecule has 2 aliphatic heterocycles. The predicted molar refractivity (Wildman–Crippen MR) is 144 cm³/mol. The topological polar surface area (TPSA) is 86.7 Å². The van der Waals surface area contributed by atoms with Gasteiger partial charge in [-0.25, -0.2) is 0 Å². The van der Waals surface area contributed by atoms with E-state index in [1.807, 2.05) is 41.5 Å². The molecule has 3 aliphatic rings. The average molecular weight is 486 g/mol. The highest BCUT2D eigenvalue weighted by Crippen LogP contribution is 2.50. The second-order valence-electron chi connectivity index (χ2n) is 10.0. The number of aliphatic imine (C=N–C) groups is 1. The number of fused-ring (bicyclic) bond motifs is 2. The third-order valence-electron chi connectivity index (χ3n) is 7.36. The largest absolute Gasteiger partial charge is 0.339 e. The fourth-order valence-corrected chi connectivity index (χ4v) is 5.21. The van der Waals surface area contributed by atoms with E-state index >= 15 is 0 Å². The number of hydrogen-bond acceptors (Lipinski definition) is 5. The van der Waals surface area contributed by atoms with Gasteiger partial charge in [-0.3, -0.25) is 19.6 Å². The van der Waals surface area contributed by atoms with Gasteiger partial charge in [0.1, 0.15) is 0 Å². The van der Waals surface area contributed by atoms with Crippen LogP contribution < -0.4 is 10.6 Å². The van der Waals surface area contributed by atoms with E-state index in [0.717, 1.165) is 97.6 Å². The second kappa shape index (κ2) is 10.3. The minimum Gasteiger partial charge on any atom is -0.339 e. The zero-order chi connectivity index (χ0) is 25.1. The van der Waals surface area contributed by atoms with Gasteiger partial charge in [-0.1, -0.05) is 26.0 Å². The lowest BCUT2D eigenvalue weighted by Crippen LogP contribution is -2.33. The van der Waals surface area contributed by atoms with Crippen molar-refractivity contribution in [2.45, 2.75) is 64.3 Å². The summed E-state index contributed by atoms with van der Waals surface area (Å²) in [6.07, 6.45) is 10.5. The summed E-state index contributed by atoms with van der Waals surface area (Å²) in [5, 5.41) is 6.47. The van der Waals surface area contributed by atoms with Crippen molar-refractivity contribution in [1.82, 2.24) is 15.2 Å². The van der Waals surface area contributed by atoms with E-state index in [4.69, 9.17) is 0 Å². The van der Waals surface area contributed by atoms with Gasteiger partial charge in [0.05, 0.1) is 23.0 Å². The molecule has 3 heterocycles. The van der Waals surface area contributed by atoms with Crippen LogP contribution in [0.15, 0.2) is 41.0 Å². The smallest absolute Gasteiger partial charge is 0.250 e. The van der Waals surface area contributed by atoms with Crippen LogP contribution in [0.3, 0.4) is 0 Å². The van der Waals surface area contributed by atoms with E-state index in [9.17, 15) is 9.59 Å². The summed E-state index contributed by atoms with van der Waals surface area (Å²) in [4.78, 5) is 37.7. The molecule has 2 aromatic rings. The molecule has 1 saturated carbocycles. The summed E-state index contributed by atoms with van der Waals surface area (Å²) < 4.78 is 0. The summed E-state index contributed by atoms with van der Waals surface area (Å²) in [5.74, 6) is 0.0979. The first-order valence-corrected chi connectivity index (χ1v) is 13.2. The Balaban J connectivity index is 1.35. The van der Waals surface area contributed by atoms with Crippen molar-refractivity contribution in [1.29, 1.82) is 0 Å². The normalized spacial score (nSPS) is 17.3. The van der Waals surface area contributed by atoms with Gasteiger partial charge >= 0.3 is 0 Å². The molecular weight excluding hydrogens is 450 g/mol. The third kappa shape index (κ3) is 4.85. The summed E-state index contributed by atoms with van der Waals surface area (Å²) in [7, 11) is 0. The highest BCUT2D eigenvalue weighted by molar-refractivity contribution is 6.03. The molecule has 2 N–H and O–H groups in total. The molecule has 0 bridgehead atoms. The van der Waals surface area contributed by atoms with Gasteiger partial charge in [-0.2, -0.15) is 0 Å². The molecule has 1 aromatic carbocycles. The summed E-state index contributed by atoms with van der Waals surface area (Å²) in [5.41, 5.74) is 5.94. The molecule has 0 spiro atoms. The molecule has 188 valence electrons. The SMILES string of the molecule is CCCN(CCC)C(=O)C1=Cc2ccc(C3(C(=O)Nc4cnc5c(c4)CNCC5)CC3)cc2N=CC1.